The molecule has 0 aliphatic rings. The fraction of sp³-hybridized carbons (Fsp3) is 0.333. The van der Waals surface area contributed by atoms with Crippen molar-refractivity contribution in [2.45, 2.75) is 10.4 Å². The molecule has 0 aliphatic carbocycles. The molecular weight excluding hydrogens is 307 g/mol. The number of benzene rings is 1. The van der Waals surface area contributed by atoms with Gasteiger partial charge in [-0.15, -0.1) is 0 Å². The summed E-state index contributed by atoms with van der Waals surface area (Å²) in [5.41, 5.74) is -2.09. The molecule has 0 saturated heterocycles. The van der Waals surface area contributed by atoms with Crippen LogP contribution < -0.4 is 10.2 Å². The molecule has 21 heavy (non-hydrogen) atoms. The molecule has 9 heteroatoms. The van der Waals surface area contributed by atoms with Crippen LogP contribution in [0.5, 0.6) is 5.75 Å². The van der Waals surface area contributed by atoms with Crippen LogP contribution in [0, 0.1) is 0 Å². The molecule has 1 N–H and O–H groups in total. The standard InChI is InChI=1S/C12H14F3N3O2S/c1-18(2)8-16-17-11(19)7-20-9-3-5-10(6-4-9)21-12(13,14)15/h3-6,8H,7H2,1-2H3,(H,17,19)/b16-8-. The van der Waals surface area contributed by atoms with Gasteiger partial charge >= 0.3 is 5.51 Å². The minimum atomic E-state index is -4.33. The Morgan fingerprint density at radius 2 is 2.00 bits per heavy atom. The molecule has 0 spiro atoms. The van der Waals surface area contributed by atoms with Gasteiger partial charge in [0.2, 0.25) is 0 Å². The van der Waals surface area contributed by atoms with Crippen LogP contribution in [0.25, 0.3) is 0 Å². The maximum atomic E-state index is 12.1. The fourth-order valence-electron chi connectivity index (χ4n) is 1.14. The van der Waals surface area contributed by atoms with Crippen LogP contribution in [-0.2, 0) is 4.79 Å². The van der Waals surface area contributed by atoms with Gasteiger partial charge in [-0.1, -0.05) is 0 Å². The van der Waals surface area contributed by atoms with Crippen LogP contribution in [0.4, 0.5) is 13.2 Å². The Kier molecular flexibility index (Phi) is 6.35. The third kappa shape index (κ3) is 8.08. The predicted molar refractivity (Wildman–Crippen MR) is 74.2 cm³/mol. The van der Waals surface area contributed by atoms with E-state index in [-0.39, 0.29) is 23.3 Å². The Morgan fingerprint density at radius 1 is 1.38 bits per heavy atom. The second-order valence-corrected chi connectivity index (χ2v) is 5.19. The van der Waals surface area contributed by atoms with Gasteiger partial charge in [0.05, 0.1) is 0 Å². The Labute approximate surface area is 124 Å². The summed E-state index contributed by atoms with van der Waals surface area (Å²) in [6, 6.07) is 5.28. The molecule has 5 nitrogen and oxygen atoms in total. The highest BCUT2D eigenvalue weighted by atomic mass is 32.2. The van der Waals surface area contributed by atoms with Gasteiger partial charge in [0.15, 0.2) is 6.61 Å². The predicted octanol–water partition coefficient (Wildman–Crippen LogP) is 2.30. The van der Waals surface area contributed by atoms with Gasteiger partial charge in [-0.2, -0.15) is 18.3 Å². The topological polar surface area (TPSA) is 53.9 Å². The zero-order chi connectivity index (χ0) is 15.9. The molecule has 0 aliphatic heterocycles. The highest BCUT2D eigenvalue weighted by molar-refractivity contribution is 8.00. The summed E-state index contributed by atoms with van der Waals surface area (Å²) < 4.78 is 41.5. The third-order valence-corrected chi connectivity index (χ3v) is 2.64. The van der Waals surface area contributed by atoms with E-state index in [1.165, 1.54) is 30.6 Å². The second-order valence-electron chi connectivity index (χ2n) is 4.05. The first-order valence-electron chi connectivity index (χ1n) is 5.73. The number of nitrogens with zero attached hydrogens (tertiary/aromatic N) is 2. The van der Waals surface area contributed by atoms with E-state index in [4.69, 9.17) is 4.74 Å². The molecule has 0 aromatic heterocycles. The number of carbonyl (C=O) groups excluding carboxylic acids is 1. The quantitative estimate of drug-likeness (QED) is 0.378. The first-order valence-corrected chi connectivity index (χ1v) is 6.55. The van der Waals surface area contributed by atoms with Crippen molar-refractivity contribution in [2.75, 3.05) is 20.7 Å². The zero-order valence-corrected chi connectivity index (χ0v) is 12.2. The van der Waals surface area contributed by atoms with Crippen molar-refractivity contribution in [1.29, 1.82) is 0 Å². The summed E-state index contributed by atoms with van der Waals surface area (Å²) >= 11 is -0.211. The molecular formula is C12H14F3N3O2S. The average Bonchev–Trinajstić information content (AvgIpc) is 2.35. The Balaban J connectivity index is 2.40. The van der Waals surface area contributed by atoms with E-state index in [1.54, 1.807) is 19.0 Å². The number of thioether (sulfide) groups is 1. The highest BCUT2D eigenvalue weighted by Gasteiger charge is 2.29. The fourth-order valence-corrected chi connectivity index (χ4v) is 1.67. The van der Waals surface area contributed by atoms with Crippen molar-refractivity contribution >= 4 is 24.0 Å². The maximum Gasteiger partial charge on any atom is 0.446 e. The van der Waals surface area contributed by atoms with E-state index in [0.717, 1.165) is 0 Å². The van der Waals surface area contributed by atoms with Crippen LogP contribution in [0.15, 0.2) is 34.3 Å². The number of halogens is 3. The lowest BCUT2D eigenvalue weighted by Gasteiger charge is -2.08. The number of nitrogens with one attached hydrogen (secondary N) is 1. The minimum Gasteiger partial charge on any atom is -0.484 e. The number of amides is 1. The van der Waals surface area contributed by atoms with E-state index in [2.05, 4.69) is 10.5 Å². The van der Waals surface area contributed by atoms with Crippen LogP contribution in [0.3, 0.4) is 0 Å². The number of carbonyl (C=O) groups is 1. The molecule has 116 valence electrons. The number of hydrogen-bond acceptors (Lipinski definition) is 4. The van der Waals surface area contributed by atoms with Crippen LogP contribution in [0.1, 0.15) is 0 Å². The Hall–Kier alpha value is -1.90. The number of hydrogen-bond donors (Lipinski definition) is 1. The number of rotatable bonds is 6. The molecule has 0 heterocycles. The number of ether oxygens (including phenoxy) is 1. The van der Waals surface area contributed by atoms with Gasteiger partial charge in [-0.25, -0.2) is 5.43 Å². The van der Waals surface area contributed by atoms with Crippen molar-refractivity contribution in [2.24, 2.45) is 5.10 Å². The van der Waals surface area contributed by atoms with E-state index < -0.39 is 11.4 Å². The number of hydrazone groups is 1. The largest absolute Gasteiger partial charge is 0.484 e. The molecule has 0 unspecified atom stereocenters. The number of alkyl halides is 3. The van der Waals surface area contributed by atoms with Gasteiger partial charge in [0.25, 0.3) is 5.91 Å². The second kappa shape index (κ2) is 7.77. The zero-order valence-electron chi connectivity index (χ0n) is 11.3. The lowest BCUT2D eigenvalue weighted by atomic mass is 10.3. The molecule has 0 atom stereocenters. The SMILES string of the molecule is CN(C)/C=N\NC(=O)COc1ccc(SC(F)(F)F)cc1. The molecule has 1 amide bonds. The van der Waals surface area contributed by atoms with Crippen molar-refractivity contribution in [3.8, 4) is 5.75 Å². The summed E-state index contributed by atoms with van der Waals surface area (Å²) in [4.78, 5) is 13.0. The van der Waals surface area contributed by atoms with Gasteiger partial charge in [-0.05, 0) is 36.0 Å². The van der Waals surface area contributed by atoms with Crippen LogP contribution in [-0.4, -0.2) is 43.4 Å². The lowest BCUT2D eigenvalue weighted by molar-refractivity contribution is -0.123. The van der Waals surface area contributed by atoms with Gasteiger partial charge in [-0.3, -0.25) is 4.79 Å². The normalized spacial score (nSPS) is 11.5. The Bertz CT molecular complexity index is 490. The van der Waals surface area contributed by atoms with Gasteiger partial charge in [0.1, 0.15) is 12.1 Å². The summed E-state index contributed by atoms with van der Waals surface area (Å²) in [5, 5.41) is 3.63. The van der Waals surface area contributed by atoms with Gasteiger partial charge in [0, 0.05) is 19.0 Å². The van der Waals surface area contributed by atoms with E-state index in [9.17, 15) is 18.0 Å². The van der Waals surface area contributed by atoms with Crippen LogP contribution in [0.2, 0.25) is 0 Å². The van der Waals surface area contributed by atoms with E-state index in [0.29, 0.717) is 5.75 Å². The molecule has 0 bridgehead atoms. The molecule has 1 aromatic carbocycles. The average molecular weight is 321 g/mol. The van der Waals surface area contributed by atoms with Crippen molar-refractivity contribution in [3.63, 3.8) is 0 Å². The van der Waals surface area contributed by atoms with Crippen molar-refractivity contribution in [1.82, 2.24) is 10.3 Å². The van der Waals surface area contributed by atoms with E-state index >= 15 is 0 Å². The van der Waals surface area contributed by atoms with Gasteiger partial charge < -0.3 is 9.64 Å². The Morgan fingerprint density at radius 3 is 2.52 bits per heavy atom. The van der Waals surface area contributed by atoms with E-state index in [1.807, 2.05) is 0 Å². The third-order valence-electron chi connectivity index (χ3n) is 1.91. The first-order chi connectivity index (χ1) is 9.76. The first kappa shape index (κ1) is 17.2. The highest BCUT2D eigenvalue weighted by Crippen LogP contribution is 2.37. The maximum absolute atomic E-state index is 12.1. The smallest absolute Gasteiger partial charge is 0.446 e. The summed E-state index contributed by atoms with van der Waals surface area (Å²) in [6.07, 6.45) is 1.40. The summed E-state index contributed by atoms with van der Waals surface area (Å²) in [5.74, 6) is -0.171. The lowest BCUT2D eigenvalue weighted by Crippen LogP contribution is -2.25. The molecule has 1 aromatic rings. The summed E-state index contributed by atoms with van der Waals surface area (Å²) in [6.45, 7) is -0.281. The van der Waals surface area contributed by atoms with Crippen LogP contribution >= 0.6 is 11.8 Å². The summed E-state index contributed by atoms with van der Waals surface area (Å²) in [7, 11) is 3.49. The molecule has 1 rings (SSSR count). The molecule has 0 saturated carbocycles. The van der Waals surface area contributed by atoms with Crippen molar-refractivity contribution < 1.29 is 22.7 Å². The minimum absolute atomic E-state index is 0.0508. The molecule has 0 fully saturated rings. The molecule has 0 radical (unpaired) electrons. The monoisotopic (exact) mass is 321 g/mol. The van der Waals surface area contributed by atoms with Crippen molar-refractivity contribution in [3.05, 3.63) is 24.3 Å².